The molecule has 0 bridgehead atoms. The highest BCUT2D eigenvalue weighted by molar-refractivity contribution is 6.30. The molecular weight excluding hydrogens is 323 g/mol. The van der Waals surface area contributed by atoms with Crippen molar-refractivity contribution in [2.75, 3.05) is 13.1 Å². The second-order valence-corrected chi connectivity index (χ2v) is 5.74. The molecule has 1 fully saturated rings. The zero-order chi connectivity index (χ0) is 14.8. The maximum Gasteiger partial charge on any atom is 0.257 e. The van der Waals surface area contributed by atoms with Crippen molar-refractivity contribution in [1.29, 1.82) is 0 Å². The molecule has 5 nitrogen and oxygen atoms in total. The summed E-state index contributed by atoms with van der Waals surface area (Å²) in [4.78, 5) is 14.2. The lowest BCUT2D eigenvalue weighted by molar-refractivity contribution is 0.0709. The first-order chi connectivity index (χ1) is 10.1. The molecule has 22 heavy (non-hydrogen) atoms. The van der Waals surface area contributed by atoms with E-state index in [2.05, 4.69) is 5.10 Å². The smallest absolute Gasteiger partial charge is 0.257 e. The van der Waals surface area contributed by atoms with E-state index in [1.165, 1.54) is 0 Å². The summed E-state index contributed by atoms with van der Waals surface area (Å²) in [6.07, 6.45) is 5.27. The number of hydrogen-bond donors (Lipinski definition) is 1. The van der Waals surface area contributed by atoms with Gasteiger partial charge in [-0.2, -0.15) is 5.10 Å². The van der Waals surface area contributed by atoms with E-state index in [1.54, 1.807) is 34.1 Å². The fourth-order valence-electron chi connectivity index (χ4n) is 2.55. The van der Waals surface area contributed by atoms with Crippen LogP contribution in [0.3, 0.4) is 0 Å². The Hall–Kier alpha value is -1.56. The van der Waals surface area contributed by atoms with E-state index in [4.69, 9.17) is 17.3 Å². The van der Waals surface area contributed by atoms with Crippen LogP contribution >= 0.6 is 24.0 Å². The van der Waals surface area contributed by atoms with Gasteiger partial charge in [0.25, 0.3) is 5.91 Å². The number of halogens is 2. The Morgan fingerprint density at radius 2 is 2.05 bits per heavy atom. The molecule has 1 aromatic carbocycles. The van der Waals surface area contributed by atoms with Crippen LogP contribution in [0, 0.1) is 0 Å². The summed E-state index contributed by atoms with van der Waals surface area (Å²) in [6.45, 7) is 1.38. The van der Waals surface area contributed by atoms with Gasteiger partial charge < -0.3 is 10.6 Å². The molecule has 2 N–H and O–H groups in total. The Bertz CT molecular complexity index is 641. The highest BCUT2D eigenvalue weighted by Gasteiger charge is 2.23. The third kappa shape index (κ3) is 3.61. The fraction of sp³-hybridized carbons (Fsp3) is 0.333. The molecule has 1 saturated heterocycles. The number of piperidine rings is 1. The van der Waals surface area contributed by atoms with Gasteiger partial charge in [-0.05, 0) is 37.1 Å². The third-order valence-electron chi connectivity index (χ3n) is 3.67. The average molecular weight is 341 g/mol. The Labute approximate surface area is 140 Å². The van der Waals surface area contributed by atoms with E-state index in [0.29, 0.717) is 17.1 Å². The number of carbonyl (C=O) groups excluding carboxylic acids is 1. The molecule has 2 heterocycles. The molecule has 0 spiro atoms. The van der Waals surface area contributed by atoms with Crippen LogP contribution in [0.5, 0.6) is 0 Å². The van der Waals surface area contributed by atoms with Crippen LogP contribution in [-0.2, 0) is 0 Å². The number of hydrogen-bond acceptors (Lipinski definition) is 3. The highest BCUT2D eigenvalue weighted by Crippen LogP contribution is 2.16. The molecule has 3 rings (SSSR count). The molecular formula is C15H18Cl2N4O. The Morgan fingerprint density at radius 3 is 2.73 bits per heavy atom. The number of rotatable bonds is 2. The lowest BCUT2D eigenvalue weighted by Crippen LogP contribution is -2.45. The van der Waals surface area contributed by atoms with Crippen LogP contribution in [0.1, 0.15) is 23.2 Å². The first-order valence-corrected chi connectivity index (χ1v) is 7.37. The van der Waals surface area contributed by atoms with E-state index in [-0.39, 0.29) is 24.4 Å². The van der Waals surface area contributed by atoms with Crippen LogP contribution in [0.15, 0.2) is 36.7 Å². The van der Waals surface area contributed by atoms with Crippen LogP contribution in [0.2, 0.25) is 5.02 Å². The zero-order valence-electron chi connectivity index (χ0n) is 12.0. The fourth-order valence-corrected chi connectivity index (χ4v) is 2.67. The third-order valence-corrected chi connectivity index (χ3v) is 3.92. The maximum atomic E-state index is 12.4. The molecule has 1 unspecified atom stereocenters. The van der Waals surface area contributed by atoms with Gasteiger partial charge in [-0.3, -0.25) is 4.79 Å². The molecule has 0 radical (unpaired) electrons. The lowest BCUT2D eigenvalue weighted by Gasteiger charge is -2.30. The lowest BCUT2D eigenvalue weighted by atomic mass is 10.1. The van der Waals surface area contributed by atoms with Gasteiger partial charge in [-0.15, -0.1) is 12.4 Å². The van der Waals surface area contributed by atoms with E-state index < -0.39 is 0 Å². The van der Waals surface area contributed by atoms with Crippen molar-refractivity contribution < 1.29 is 4.79 Å². The highest BCUT2D eigenvalue weighted by atomic mass is 35.5. The molecule has 0 aliphatic carbocycles. The molecule has 7 heteroatoms. The minimum atomic E-state index is -0.00892. The number of carbonyl (C=O) groups is 1. The number of nitrogens with two attached hydrogens (primary N) is 1. The van der Waals surface area contributed by atoms with E-state index in [0.717, 1.165) is 25.1 Å². The number of benzene rings is 1. The standard InChI is InChI=1S/C15H17ClN4O.ClH/c16-12-3-5-14(6-4-12)20-9-11(8-18-20)15(21)19-7-1-2-13(17)10-19;/h3-6,8-9,13H,1-2,7,10,17H2;1H. The van der Waals surface area contributed by atoms with Gasteiger partial charge in [0.1, 0.15) is 0 Å². The van der Waals surface area contributed by atoms with Crippen LogP contribution in [0.4, 0.5) is 0 Å². The molecule has 0 saturated carbocycles. The second-order valence-electron chi connectivity index (χ2n) is 5.30. The summed E-state index contributed by atoms with van der Waals surface area (Å²) in [6, 6.07) is 7.39. The van der Waals surface area contributed by atoms with Crippen LogP contribution in [0.25, 0.3) is 5.69 Å². The van der Waals surface area contributed by atoms with Gasteiger partial charge in [0.15, 0.2) is 0 Å². The van der Waals surface area contributed by atoms with Crippen molar-refractivity contribution >= 4 is 29.9 Å². The van der Waals surface area contributed by atoms with Crippen molar-refractivity contribution in [3.05, 3.63) is 47.2 Å². The number of likely N-dealkylation sites (tertiary alicyclic amines) is 1. The first-order valence-electron chi connectivity index (χ1n) is 6.99. The van der Waals surface area contributed by atoms with E-state index in [1.807, 2.05) is 12.1 Å². The Morgan fingerprint density at radius 1 is 1.32 bits per heavy atom. The monoisotopic (exact) mass is 340 g/mol. The molecule has 1 amide bonds. The largest absolute Gasteiger partial charge is 0.337 e. The Kier molecular flexibility index (Phi) is 5.45. The van der Waals surface area contributed by atoms with Crippen molar-refractivity contribution in [2.45, 2.75) is 18.9 Å². The molecule has 118 valence electrons. The van der Waals surface area contributed by atoms with Gasteiger partial charge in [0.05, 0.1) is 17.4 Å². The molecule has 2 aromatic rings. The van der Waals surface area contributed by atoms with E-state index >= 15 is 0 Å². The van der Waals surface area contributed by atoms with Gasteiger partial charge in [0, 0.05) is 30.4 Å². The van der Waals surface area contributed by atoms with Crippen molar-refractivity contribution in [2.24, 2.45) is 5.73 Å². The van der Waals surface area contributed by atoms with Gasteiger partial charge in [-0.1, -0.05) is 11.6 Å². The van der Waals surface area contributed by atoms with Crippen molar-refractivity contribution in [3.63, 3.8) is 0 Å². The number of nitrogens with zero attached hydrogens (tertiary/aromatic N) is 3. The van der Waals surface area contributed by atoms with Crippen LogP contribution in [-0.4, -0.2) is 39.7 Å². The summed E-state index contributed by atoms with van der Waals surface area (Å²) >= 11 is 5.87. The van der Waals surface area contributed by atoms with Crippen LogP contribution < -0.4 is 5.73 Å². The quantitative estimate of drug-likeness (QED) is 0.913. The molecule has 1 aliphatic rings. The minimum Gasteiger partial charge on any atom is -0.337 e. The predicted molar refractivity (Wildman–Crippen MR) is 88.9 cm³/mol. The SMILES string of the molecule is Cl.NC1CCCN(C(=O)c2cnn(-c3ccc(Cl)cc3)c2)C1. The molecule has 1 atom stereocenters. The zero-order valence-corrected chi connectivity index (χ0v) is 13.6. The molecule has 1 aromatic heterocycles. The summed E-state index contributed by atoms with van der Waals surface area (Å²) in [5, 5.41) is 4.92. The van der Waals surface area contributed by atoms with Crippen molar-refractivity contribution in [3.8, 4) is 5.69 Å². The second kappa shape index (κ2) is 7.13. The number of aromatic nitrogens is 2. The van der Waals surface area contributed by atoms with E-state index in [9.17, 15) is 4.79 Å². The summed E-state index contributed by atoms with van der Waals surface area (Å²) in [5.41, 5.74) is 7.38. The van der Waals surface area contributed by atoms with Gasteiger partial charge >= 0.3 is 0 Å². The Balaban J connectivity index is 0.00000176. The summed E-state index contributed by atoms with van der Waals surface area (Å²) < 4.78 is 1.67. The number of amides is 1. The molecule has 1 aliphatic heterocycles. The van der Waals surface area contributed by atoms with Gasteiger partial charge in [-0.25, -0.2) is 4.68 Å². The van der Waals surface area contributed by atoms with Crippen molar-refractivity contribution in [1.82, 2.24) is 14.7 Å². The topological polar surface area (TPSA) is 64.2 Å². The normalized spacial score (nSPS) is 17.9. The van der Waals surface area contributed by atoms with Gasteiger partial charge in [0.2, 0.25) is 0 Å². The summed E-state index contributed by atoms with van der Waals surface area (Å²) in [7, 11) is 0. The maximum absolute atomic E-state index is 12.4. The first kappa shape index (κ1) is 16.8. The minimum absolute atomic E-state index is 0. The predicted octanol–water partition coefficient (Wildman–Crippen LogP) is 2.51. The summed E-state index contributed by atoms with van der Waals surface area (Å²) in [5.74, 6) is -0.00892. The average Bonchev–Trinajstić information content (AvgIpc) is 2.97.